The van der Waals surface area contributed by atoms with Crippen molar-refractivity contribution in [1.29, 1.82) is 0 Å². The van der Waals surface area contributed by atoms with E-state index in [-0.39, 0.29) is 5.75 Å². The summed E-state index contributed by atoms with van der Waals surface area (Å²) in [4.78, 5) is 23.9. The zero-order valence-corrected chi connectivity index (χ0v) is 16.7. The summed E-state index contributed by atoms with van der Waals surface area (Å²) in [5, 5.41) is 17.3. The third-order valence-electron chi connectivity index (χ3n) is 5.71. The highest BCUT2D eigenvalue weighted by Gasteiger charge is 2.20. The van der Waals surface area contributed by atoms with Gasteiger partial charge in [-0.2, -0.15) is 5.10 Å². The zero-order chi connectivity index (χ0) is 20.8. The lowest BCUT2D eigenvalue weighted by atomic mass is 10.1. The van der Waals surface area contributed by atoms with E-state index in [4.69, 9.17) is 9.97 Å². The maximum Gasteiger partial charge on any atom is 0.162 e. The molecule has 1 fully saturated rings. The van der Waals surface area contributed by atoms with Crippen LogP contribution in [0.25, 0.3) is 45.0 Å². The van der Waals surface area contributed by atoms with Crippen LogP contribution in [0.15, 0.2) is 42.9 Å². The minimum atomic E-state index is 0.0976. The number of H-pyrrole nitrogens is 2. The van der Waals surface area contributed by atoms with Crippen LogP contribution in [0.1, 0.15) is 19.3 Å². The van der Waals surface area contributed by atoms with Gasteiger partial charge in [-0.05, 0) is 43.5 Å². The molecule has 1 aliphatic rings. The number of anilines is 1. The van der Waals surface area contributed by atoms with Gasteiger partial charge in [0, 0.05) is 31.0 Å². The van der Waals surface area contributed by atoms with Gasteiger partial charge in [0.25, 0.3) is 0 Å². The van der Waals surface area contributed by atoms with Gasteiger partial charge in [-0.25, -0.2) is 15.0 Å². The number of hydrogen-bond donors (Lipinski definition) is 3. The first kappa shape index (κ1) is 17.8. The second kappa shape index (κ2) is 7.05. The molecule has 6 rings (SSSR count). The van der Waals surface area contributed by atoms with Crippen LogP contribution >= 0.6 is 0 Å². The van der Waals surface area contributed by atoms with Crippen LogP contribution in [0.2, 0.25) is 0 Å². The number of aromatic amines is 2. The van der Waals surface area contributed by atoms with Crippen LogP contribution in [0.5, 0.6) is 5.75 Å². The van der Waals surface area contributed by atoms with E-state index < -0.39 is 0 Å². The first-order valence-corrected chi connectivity index (χ1v) is 10.4. The van der Waals surface area contributed by atoms with Gasteiger partial charge in [0.2, 0.25) is 0 Å². The summed E-state index contributed by atoms with van der Waals surface area (Å²) in [5.41, 5.74) is 6.25. The molecular formula is C22H20N8O. The lowest BCUT2D eigenvalue weighted by Crippen LogP contribution is -2.29. The molecule has 1 saturated heterocycles. The average Bonchev–Trinajstić information content (AvgIpc) is 3.43. The number of piperidine rings is 1. The van der Waals surface area contributed by atoms with Crippen molar-refractivity contribution in [1.82, 2.24) is 35.1 Å². The number of nitrogens with one attached hydrogen (secondary N) is 2. The summed E-state index contributed by atoms with van der Waals surface area (Å²) in [6.07, 6.45) is 8.56. The van der Waals surface area contributed by atoms with Gasteiger partial charge >= 0.3 is 0 Å². The highest BCUT2D eigenvalue weighted by atomic mass is 16.3. The van der Waals surface area contributed by atoms with Crippen molar-refractivity contribution in [2.75, 3.05) is 18.0 Å². The molecule has 0 atom stereocenters. The molecule has 9 heteroatoms. The number of nitrogens with zero attached hydrogens (tertiary/aromatic N) is 6. The van der Waals surface area contributed by atoms with Crippen molar-refractivity contribution in [2.45, 2.75) is 19.3 Å². The second-order valence-electron chi connectivity index (χ2n) is 7.76. The van der Waals surface area contributed by atoms with Gasteiger partial charge < -0.3 is 15.0 Å². The van der Waals surface area contributed by atoms with E-state index in [0.717, 1.165) is 41.0 Å². The Labute approximate surface area is 177 Å². The molecule has 5 aromatic heterocycles. The Morgan fingerprint density at radius 2 is 1.87 bits per heavy atom. The van der Waals surface area contributed by atoms with Gasteiger partial charge in [-0.3, -0.25) is 10.1 Å². The van der Waals surface area contributed by atoms with E-state index in [2.05, 4.69) is 30.0 Å². The van der Waals surface area contributed by atoms with Crippen molar-refractivity contribution in [3.63, 3.8) is 0 Å². The van der Waals surface area contributed by atoms with Gasteiger partial charge in [0.1, 0.15) is 16.8 Å². The Morgan fingerprint density at radius 3 is 2.74 bits per heavy atom. The molecule has 0 spiro atoms. The Bertz CT molecular complexity index is 1400. The minimum absolute atomic E-state index is 0.0976. The molecular weight excluding hydrogens is 392 g/mol. The monoisotopic (exact) mass is 412 g/mol. The lowest BCUT2D eigenvalue weighted by molar-refractivity contribution is 0.473. The minimum Gasteiger partial charge on any atom is -0.506 e. The fourth-order valence-electron chi connectivity index (χ4n) is 4.19. The lowest BCUT2D eigenvalue weighted by Gasteiger charge is -2.28. The average molecular weight is 412 g/mol. The van der Waals surface area contributed by atoms with Crippen molar-refractivity contribution in [2.24, 2.45) is 0 Å². The maximum absolute atomic E-state index is 9.76. The normalized spacial score (nSPS) is 14.5. The zero-order valence-electron chi connectivity index (χ0n) is 16.7. The van der Waals surface area contributed by atoms with Crippen molar-refractivity contribution < 1.29 is 5.11 Å². The molecule has 0 bridgehead atoms. The SMILES string of the molecule is Oc1cncc(-c2ccc3[nH]nc(-c4nc5c(N6CCCCC6)ccnc5[nH]4)c3n2)c1. The molecule has 1 aliphatic heterocycles. The van der Waals surface area contributed by atoms with Crippen LogP contribution in [-0.2, 0) is 0 Å². The topological polar surface area (TPSA) is 119 Å². The molecule has 9 nitrogen and oxygen atoms in total. The van der Waals surface area contributed by atoms with Crippen molar-refractivity contribution in [3.05, 3.63) is 42.9 Å². The smallest absolute Gasteiger partial charge is 0.162 e. The highest BCUT2D eigenvalue weighted by molar-refractivity contribution is 5.93. The number of aromatic nitrogens is 7. The van der Waals surface area contributed by atoms with E-state index in [1.807, 2.05) is 24.4 Å². The maximum atomic E-state index is 9.76. The number of aromatic hydroxyl groups is 1. The summed E-state index contributed by atoms with van der Waals surface area (Å²) >= 11 is 0. The van der Waals surface area contributed by atoms with Crippen LogP contribution in [-0.4, -0.2) is 53.3 Å². The summed E-state index contributed by atoms with van der Waals surface area (Å²) in [7, 11) is 0. The largest absolute Gasteiger partial charge is 0.506 e. The van der Waals surface area contributed by atoms with E-state index in [1.165, 1.54) is 25.5 Å². The Hall–Kier alpha value is -4.01. The molecule has 0 aliphatic carbocycles. The molecule has 0 radical (unpaired) electrons. The van der Waals surface area contributed by atoms with E-state index in [0.29, 0.717) is 22.7 Å². The molecule has 31 heavy (non-hydrogen) atoms. The first-order valence-electron chi connectivity index (χ1n) is 10.4. The van der Waals surface area contributed by atoms with Crippen LogP contribution < -0.4 is 4.90 Å². The van der Waals surface area contributed by atoms with Gasteiger partial charge in [0.15, 0.2) is 17.2 Å². The van der Waals surface area contributed by atoms with E-state index >= 15 is 0 Å². The first-order chi connectivity index (χ1) is 15.3. The fourth-order valence-corrected chi connectivity index (χ4v) is 4.19. The van der Waals surface area contributed by atoms with Crippen LogP contribution in [0.3, 0.4) is 0 Å². The Balaban J connectivity index is 1.46. The molecule has 0 amide bonds. The summed E-state index contributed by atoms with van der Waals surface area (Å²) in [5.74, 6) is 0.720. The van der Waals surface area contributed by atoms with E-state index in [9.17, 15) is 5.11 Å². The fraction of sp³-hybridized carbons (Fsp3) is 0.227. The predicted octanol–water partition coefficient (Wildman–Crippen LogP) is 3.65. The summed E-state index contributed by atoms with van der Waals surface area (Å²) in [6.45, 7) is 2.07. The quantitative estimate of drug-likeness (QED) is 0.414. The molecule has 154 valence electrons. The molecule has 3 N–H and O–H groups in total. The number of imidazole rings is 1. The van der Waals surface area contributed by atoms with E-state index in [1.54, 1.807) is 12.3 Å². The number of pyridine rings is 3. The van der Waals surface area contributed by atoms with Gasteiger partial charge in [0.05, 0.1) is 23.1 Å². The van der Waals surface area contributed by atoms with Crippen LogP contribution in [0, 0.1) is 0 Å². The number of hydrogen-bond acceptors (Lipinski definition) is 7. The van der Waals surface area contributed by atoms with Crippen LogP contribution in [0.4, 0.5) is 5.69 Å². The van der Waals surface area contributed by atoms with Crippen molar-refractivity contribution >= 4 is 27.9 Å². The Morgan fingerprint density at radius 1 is 0.968 bits per heavy atom. The van der Waals surface area contributed by atoms with Gasteiger partial charge in [-0.1, -0.05) is 0 Å². The van der Waals surface area contributed by atoms with Crippen molar-refractivity contribution in [3.8, 4) is 28.5 Å². The summed E-state index contributed by atoms with van der Waals surface area (Å²) in [6, 6.07) is 7.46. The summed E-state index contributed by atoms with van der Waals surface area (Å²) < 4.78 is 0. The Kier molecular flexibility index (Phi) is 4.05. The molecule has 0 saturated carbocycles. The number of rotatable bonds is 3. The third kappa shape index (κ3) is 3.05. The van der Waals surface area contributed by atoms with Gasteiger partial charge in [-0.15, -0.1) is 0 Å². The molecule has 0 unspecified atom stereocenters. The second-order valence-corrected chi connectivity index (χ2v) is 7.76. The number of fused-ring (bicyclic) bond motifs is 2. The highest BCUT2D eigenvalue weighted by Crippen LogP contribution is 2.31. The molecule has 5 aromatic rings. The molecule has 0 aromatic carbocycles. The standard InChI is InChI=1S/C22H20N8O/c31-14-10-13(11-23-12-14)15-4-5-16-18(25-15)20(29-28-16)22-26-19-17(6-7-24-21(19)27-22)30-8-2-1-3-9-30/h4-7,10-12,31H,1-3,8-9H2,(H,28,29)(H,24,26,27). The predicted molar refractivity (Wildman–Crippen MR) is 118 cm³/mol. The third-order valence-corrected chi connectivity index (χ3v) is 5.71. The molecule has 6 heterocycles.